The van der Waals surface area contributed by atoms with E-state index in [1.54, 1.807) is 36.4 Å². The summed E-state index contributed by atoms with van der Waals surface area (Å²) in [7, 11) is 0. The van der Waals surface area contributed by atoms with Crippen molar-refractivity contribution >= 4 is 44.3 Å². The van der Waals surface area contributed by atoms with E-state index in [2.05, 4.69) is 0 Å². The lowest BCUT2D eigenvalue weighted by Crippen LogP contribution is -1.83. The Balaban J connectivity index is 1.75. The van der Waals surface area contributed by atoms with E-state index in [1.807, 2.05) is 30.3 Å². The van der Waals surface area contributed by atoms with E-state index in [9.17, 15) is 0 Å². The molecule has 0 unspecified atom stereocenters. The summed E-state index contributed by atoms with van der Waals surface area (Å²) >= 11 is 6.13. The number of benzene rings is 5. The molecule has 0 N–H and O–H groups in total. The fourth-order valence-electron chi connectivity index (χ4n) is 3.78. The van der Waals surface area contributed by atoms with Crippen molar-refractivity contribution in [2.75, 3.05) is 0 Å². The SMILES string of the molecule is [2H]c1c(-c2cccc3oc4ccccc4c23)c([2H])c2c([2H])c([2H])c(-c3cccc(Cl)c3)c([2H])c2c1[2H]. The van der Waals surface area contributed by atoms with E-state index in [0.717, 1.165) is 5.39 Å². The van der Waals surface area contributed by atoms with Gasteiger partial charge in [-0.15, -0.1) is 0 Å². The van der Waals surface area contributed by atoms with Crippen LogP contribution in [0.4, 0.5) is 0 Å². The van der Waals surface area contributed by atoms with E-state index in [0.29, 0.717) is 32.7 Å². The van der Waals surface area contributed by atoms with Gasteiger partial charge in [-0.25, -0.2) is 0 Å². The Morgan fingerprint density at radius 2 is 1.40 bits per heavy atom. The molecule has 0 atom stereocenters. The molecule has 1 nitrogen and oxygen atoms in total. The van der Waals surface area contributed by atoms with Crippen LogP contribution in [-0.2, 0) is 0 Å². The second-order valence-corrected chi connectivity index (χ2v) is 7.47. The van der Waals surface area contributed by atoms with Crippen molar-refractivity contribution in [3.8, 4) is 22.3 Å². The predicted octanol–water partition coefficient (Wildman–Crippen LogP) is 8.73. The Bertz CT molecular complexity index is 1870. The quantitative estimate of drug-likeness (QED) is 0.278. The largest absolute Gasteiger partial charge is 0.456 e. The van der Waals surface area contributed by atoms with Crippen LogP contribution in [0.25, 0.3) is 55.0 Å². The average Bonchev–Trinajstić information content (AvgIpc) is 3.24. The van der Waals surface area contributed by atoms with Crippen LogP contribution in [-0.4, -0.2) is 0 Å². The molecule has 0 radical (unpaired) electrons. The molecule has 0 spiro atoms. The molecule has 0 aliphatic carbocycles. The van der Waals surface area contributed by atoms with Crippen LogP contribution >= 0.6 is 11.6 Å². The first-order valence-electron chi connectivity index (χ1n) is 12.5. The topological polar surface area (TPSA) is 13.1 Å². The lowest BCUT2D eigenvalue weighted by molar-refractivity contribution is 0.669. The summed E-state index contributed by atoms with van der Waals surface area (Å²) in [6, 6.07) is 18.2. The Hall–Kier alpha value is -3.55. The molecule has 6 aromatic rings. The number of para-hydroxylation sites is 1. The van der Waals surface area contributed by atoms with Crippen LogP contribution in [0.3, 0.4) is 0 Å². The molecule has 1 aromatic heterocycles. The van der Waals surface area contributed by atoms with Crippen molar-refractivity contribution in [3.63, 3.8) is 0 Å². The fraction of sp³-hybridized carbons (Fsp3) is 0. The van der Waals surface area contributed by atoms with Crippen LogP contribution in [0, 0.1) is 0 Å². The molecule has 0 aliphatic rings. The van der Waals surface area contributed by atoms with Crippen LogP contribution in [0.1, 0.15) is 8.22 Å². The molecule has 142 valence electrons. The summed E-state index contributed by atoms with van der Waals surface area (Å²) in [5, 5.41) is 1.97. The molecular formula is C28H17ClO. The zero-order valence-corrected chi connectivity index (χ0v) is 16.4. The van der Waals surface area contributed by atoms with E-state index in [4.69, 9.17) is 24.2 Å². The zero-order valence-electron chi connectivity index (χ0n) is 21.6. The first-order valence-corrected chi connectivity index (χ1v) is 9.87. The lowest BCUT2D eigenvalue weighted by atomic mass is 9.95. The third-order valence-electron chi connectivity index (χ3n) is 5.16. The highest BCUT2D eigenvalue weighted by atomic mass is 35.5. The van der Waals surface area contributed by atoms with Crippen molar-refractivity contribution in [2.24, 2.45) is 0 Å². The Kier molecular flexibility index (Phi) is 2.75. The van der Waals surface area contributed by atoms with E-state index < -0.39 is 0 Å². The van der Waals surface area contributed by atoms with Gasteiger partial charge >= 0.3 is 0 Å². The van der Waals surface area contributed by atoms with Gasteiger partial charge in [0.1, 0.15) is 11.2 Å². The summed E-state index contributed by atoms with van der Waals surface area (Å²) in [6.45, 7) is 0. The summed E-state index contributed by atoms with van der Waals surface area (Å²) in [6.07, 6.45) is 0. The summed E-state index contributed by atoms with van der Waals surface area (Å²) in [4.78, 5) is 0. The maximum Gasteiger partial charge on any atom is 0.136 e. The van der Waals surface area contributed by atoms with Gasteiger partial charge in [0.2, 0.25) is 0 Å². The molecule has 6 rings (SSSR count). The summed E-state index contributed by atoms with van der Waals surface area (Å²) < 4.78 is 59.0. The normalized spacial score (nSPS) is 14.3. The number of hydrogen-bond donors (Lipinski definition) is 0. The number of fused-ring (bicyclic) bond motifs is 4. The first kappa shape index (κ1) is 12.2. The molecule has 0 amide bonds. The van der Waals surface area contributed by atoms with Gasteiger partial charge in [0, 0.05) is 15.8 Å². The van der Waals surface area contributed by atoms with Crippen molar-refractivity contribution in [1.82, 2.24) is 0 Å². The molecule has 30 heavy (non-hydrogen) atoms. The van der Waals surface area contributed by atoms with Gasteiger partial charge in [0.15, 0.2) is 0 Å². The predicted molar refractivity (Wildman–Crippen MR) is 127 cm³/mol. The van der Waals surface area contributed by atoms with Gasteiger partial charge in [-0.2, -0.15) is 0 Å². The summed E-state index contributed by atoms with van der Waals surface area (Å²) in [5.74, 6) is 0. The smallest absolute Gasteiger partial charge is 0.136 e. The molecule has 5 aromatic carbocycles. The summed E-state index contributed by atoms with van der Waals surface area (Å²) in [5.41, 5.74) is 2.59. The molecule has 1 heterocycles. The van der Waals surface area contributed by atoms with Gasteiger partial charge in [-0.1, -0.05) is 78.2 Å². The fourth-order valence-corrected chi connectivity index (χ4v) is 3.97. The number of furan rings is 1. The number of rotatable bonds is 2. The van der Waals surface area contributed by atoms with Crippen molar-refractivity contribution in [1.29, 1.82) is 0 Å². The van der Waals surface area contributed by atoms with Crippen molar-refractivity contribution in [2.45, 2.75) is 0 Å². The van der Waals surface area contributed by atoms with Gasteiger partial charge in [-0.3, -0.25) is 0 Å². The third-order valence-corrected chi connectivity index (χ3v) is 5.40. The Labute approximate surface area is 187 Å². The van der Waals surface area contributed by atoms with Crippen LogP contribution in [0.2, 0.25) is 5.02 Å². The maximum atomic E-state index is 9.05. The first-order chi connectivity index (χ1) is 17.3. The molecule has 0 saturated heterocycles. The van der Waals surface area contributed by atoms with Crippen LogP contribution in [0.5, 0.6) is 0 Å². The zero-order chi connectivity index (χ0) is 25.3. The minimum Gasteiger partial charge on any atom is -0.456 e. The molecular weight excluding hydrogens is 388 g/mol. The van der Waals surface area contributed by atoms with Crippen LogP contribution in [0.15, 0.2) is 107 Å². The van der Waals surface area contributed by atoms with E-state index >= 15 is 0 Å². The monoisotopic (exact) mass is 410 g/mol. The van der Waals surface area contributed by atoms with Crippen molar-refractivity contribution in [3.05, 3.63) is 108 Å². The third kappa shape index (κ3) is 2.79. The Morgan fingerprint density at radius 3 is 2.27 bits per heavy atom. The molecule has 0 bridgehead atoms. The highest BCUT2D eigenvalue weighted by Gasteiger charge is 2.12. The molecule has 2 heteroatoms. The molecule has 0 aliphatic heterocycles. The second kappa shape index (κ2) is 6.76. The number of halogens is 1. The second-order valence-electron chi connectivity index (χ2n) is 7.04. The van der Waals surface area contributed by atoms with Gasteiger partial charge in [-0.05, 0) is 69.4 Å². The minimum absolute atomic E-state index is 0.00829. The van der Waals surface area contributed by atoms with Crippen molar-refractivity contribution < 1.29 is 12.6 Å². The molecule has 0 fully saturated rings. The Morgan fingerprint density at radius 1 is 0.667 bits per heavy atom. The van der Waals surface area contributed by atoms with Gasteiger partial charge in [0.05, 0.1) is 8.22 Å². The maximum absolute atomic E-state index is 9.05. The van der Waals surface area contributed by atoms with E-state index in [-0.39, 0.29) is 58.2 Å². The van der Waals surface area contributed by atoms with Gasteiger partial charge < -0.3 is 4.42 Å². The molecule has 0 saturated carbocycles. The number of hydrogen-bond acceptors (Lipinski definition) is 1. The van der Waals surface area contributed by atoms with Gasteiger partial charge in [0.25, 0.3) is 0 Å². The highest BCUT2D eigenvalue weighted by Crippen LogP contribution is 2.37. The highest BCUT2D eigenvalue weighted by molar-refractivity contribution is 6.30. The minimum atomic E-state index is -0.264. The standard InChI is InChI=1S/C28H17ClO/c29-23-6-3-5-18(17-23)19-11-12-21-16-22(14-13-20(21)15-19)24-8-4-10-27-28(24)25-7-1-2-9-26(25)30-27/h1-17H/i11D,12D,13D,14D,15D,16D. The average molecular weight is 411 g/mol. The van der Waals surface area contributed by atoms with E-state index in [1.165, 1.54) is 0 Å². The lowest BCUT2D eigenvalue weighted by Gasteiger charge is -2.08. The van der Waals surface area contributed by atoms with Crippen LogP contribution < -0.4 is 0 Å².